The summed E-state index contributed by atoms with van der Waals surface area (Å²) in [5, 5.41) is 3.28. The van der Waals surface area contributed by atoms with Crippen molar-refractivity contribution in [2.45, 2.75) is 33.7 Å². The Hall–Kier alpha value is -3.29. The van der Waals surface area contributed by atoms with Crippen LogP contribution in [0.3, 0.4) is 0 Å². The molecule has 0 saturated heterocycles. The second-order valence-electron chi connectivity index (χ2n) is 8.62. The second-order valence-corrected chi connectivity index (χ2v) is 8.62. The van der Waals surface area contributed by atoms with Crippen molar-refractivity contribution in [3.8, 4) is 17.2 Å². The molecular formula is C22H28N6O2. The minimum Gasteiger partial charge on any atom is -0.494 e. The van der Waals surface area contributed by atoms with Crippen LogP contribution in [0, 0.1) is 12.3 Å². The number of anilines is 3. The number of hydrogen-bond donors (Lipinski definition) is 1. The summed E-state index contributed by atoms with van der Waals surface area (Å²) in [5.41, 5.74) is 2.76. The van der Waals surface area contributed by atoms with E-state index in [-0.39, 0.29) is 11.5 Å². The summed E-state index contributed by atoms with van der Waals surface area (Å²) in [4.78, 5) is 15.6. The van der Waals surface area contributed by atoms with Crippen molar-refractivity contribution in [3.63, 3.8) is 0 Å². The Morgan fingerprint density at radius 3 is 2.70 bits per heavy atom. The molecule has 2 aromatic heterocycles. The van der Waals surface area contributed by atoms with E-state index in [1.54, 1.807) is 19.6 Å². The van der Waals surface area contributed by atoms with Crippen LogP contribution in [0.1, 0.15) is 26.5 Å². The molecule has 0 bridgehead atoms. The molecule has 1 N–H and O–H groups in total. The summed E-state index contributed by atoms with van der Waals surface area (Å²) in [6, 6.07) is 6.09. The van der Waals surface area contributed by atoms with Crippen molar-refractivity contribution in [1.82, 2.24) is 19.5 Å². The third-order valence-corrected chi connectivity index (χ3v) is 5.36. The SMILES string of the molecule is COc1cc(Nc2ncc3c(n2)N(C)C(C(C)(C)C)CO3)ccc1-n1cnc(C)c1. The predicted octanol–water partition coefficient (Wildman–Crippen LogP) is 3.97. The van der Waals surface area contributed by atoms with Crippen molar-refractivity contribution in [1.29, 1.82) is 0 Å². The lowest BCUT2D eigenvalue weighted by molar-refractivity contribution is 0.183. The number of aryl methyl sites for hydroxylation is 1. The molecule has 30 heavy (non-hydrogen) atoms. The lowest BCUT2D eigenvalue weighted by atomic mass is 9.86. The molecule has 1 aromatic carbocycles. The minimum absolute atomic E-state index is 0.0693. The smallest absolute Gasteiger partial charge is 0.229 e. The van der Waals surface area contributed by atoms with Crippen molar-refractivity contribution in [3.05, 3.63) is 42.6 Å². The number of aromatic nitrogens is 4. The highest BCUT2D eigenvalue weighted by atomic mass is 16.5. The summed E-state index contributed by atoms with van der Waals surface area (Å²) in [6.45, 7) is 9.20. The van der Waals surface area contributed by atoms with Crippen LogP contribution in [0.2, 0.25) is 0 Å². The third kappa shape index (κ3) is 3.77. The van der Waals surface area contributed by atoms with Crippen LogP contribution in [0.5, 0.6) is 11.5 Å². The van der Waals surface area contributed by atoms with Crippen LogP contribution in [0.25, 0.3) is 5.69 Å². The van der Waals surface area contributed by atoms with E-state index in [1.165, 1.54) is 0 Å². The zero-order chi connectivity index (χ0) is 21.5. The molecule has 0 amide bonds. The number of hydrogen-bond acceptors (Lipinski definition) is 7. The molecule has 8 heteroatoms. The van der Waals surface area contributed by atoms with Gasteiger partial charge in [-0.15, -0.1) is 0 Å². The summed E-state index contributed by atoms with van der Waals surface area (Å²) in [5.74, 6) is 2.72. The van der Waals surface area contributed by atoms with Gasteiger partial charge in [-0.3, -0.25) is 0 Å². The molecule has 1 aliphatic heterocycles. The summed E-state index contributed by atoms with van der Waals surface area (Å²) >= 11 is 0. The monoisotopic (exact) mass is 408 g/mol. The summed E-state index contributed by atoms with van der Waals surface area (Å²) < 4.78 is 13.4. The van der Waals surface area contributed by atoms with E-state index in [1.807, 2.05) is 35.9 Å². The molecular weight excluding hydrogens is 380 g/mol. The van der Waals surface area contributed by atoms with Gasteiger partial charge in [-0.05, 0) is 24.5 Å². The van der Waals surface area contributed by atoms with E-state index in [9.17, 15) is 0 Å². The first kappa shape index (κ1) is 20.0. The Bertz CT molecular complexity index is 1060. The number of fused-ring (bicyclic) bond motifs is 1. The lowest BCUT2D eigenvalue weighted by Gasteiger charge is -2.42. The highest BCUT2D eigenvalue weighted by Crippen LogP contribution is 2.37. The van der Waals surface area contributed by atoms with Gasteiger partial charge in [-0.2, -0.15) is 4.98 Å². The van der Waals surface area contributed by atoms with Crippen LogP contribution in [0.4, 0.5) is 17.5 Å². The highest BCUT2D eigenvalue weighted by Gasteiger charge is 2.35. The van der Waals surface area contributed by atoms with Gasteiger partial charge >= 0.3 is 0 Å². The number of benzene rings is 1. The standard InChI is InChI=1S/C22H28N6O2/c1-14-11-28(13-24-14)16-8-7-15(9-17(16)29-6)25-21-23-10-18-20(26-21)27(5)19(12-30-18)22(2,3)4/h7-11,13,19H,12H2,1-6H3,(H,23,25,26). The van der Waals surface area contributed by atoms with E-state index in [0.29, 0.717) is 18.3 Å². The van der Waals surface area contributed by atoms with Crippen LogP contribution in [0.15, 0.2) is 36.9 Å². The molecule has 0 saturated carbocycles. The van der Waals surface area contributed by atoms with E-state index >= 15 is 0 Å². The van der Waals surface area contributed by atoms with E-state index < -0.39 is 0 Å². The van der Waals surface area contributed by atoms with E-state index in [2.05, 4.69) is 48.0 Å². The average molecular weight is 409 g/mol. The summed E-state index contributed by atoms with van der Waals surface area (Å²) in [7, 11) is 3.71. The van der Waals surface area contributed by atoms with Gasteiger partial charge in [0, 0.05) is 25.0 Å². The fraction of sp³-hybridized carbons (Fsp3) is 0.409. The molecule has 0 aliphatic carbocycles. The predicted molar refractivity (Wildman–Crippen MR) is 117 cm³/mol. The van der Waals surface area contributed by atoms with Crippen molar-refractivity contribution < 1.29 is 9.47 Å². The van der Waals surface area contributed by atoms with Crippen molar-refractivity contribution in [2.75, 3.05) is 31.0 Å². The molecule has 158 valence electrons. The minimum atomic E-state index is 0.0693. The Morgan fingerprint density at radius 1 is 1.23 bits per heavy atom. The molecule has 8 nitrogen and oxygen atoms in total. The maximum absolute atomic E-state index is 5.92. The van der Waals surface area contributed by atoms with Gasteiger partial charge in [0.25, 0.3) is 0 Å². The van der Waals surface area contributed by atoms with Gasteiger partial charge in [0.2, 0.25) is 5.95 Å². The number of rotatable bonds is 4. The van der Waals surface area contributed by atoms with Gasteiger partial charge in [0.05, 0.1) is 37.1 Å². The van der Waals surface area contributed by atoms with Crippen LogP contribution < -0.4 is 19.7 Å². The first-order valence-corrected chi connectivity index (χ1v) is 9.95. The van der Waals surface area contributed by atoms with E-state index in [0.717, 1.165) is 28.6 Å². The Kier molecular flexibility index (Phi) is 5.01. The highest BCUT2D eigenvalue weighted by molar-refractivity contribution is 5.64. The number of methoxy groups -OCH3 is 1. The van der Waals surface area contributed by atoms with Gasteiger partial charge in [0.1, 0.15) is 12.4 Å². The second kappa shape index (κ2) is 7.51. The van der Waals surface area contributed by atoms with Gasteiger partial charge in [0.15, 0.2) is 11.6 Å². The Morgan fingerprint density at radius 2 is 2.03 bits per heavy atom. The lowest BCUT2D eigenvalue weighted by Crippen LogP contribution is -2.49. The normalized spacial score (nSPS) is 16.1. The molecule has 4 rings (SSSR count). The number of likely N-dealkylation sites (N-methyl/N-ethyl adjacent to an activating group) is 1. The number of imidazole rings is 1. The number of ether oxygens (including phenoxy) is 2. The fourth-order valence-electron chi connectivity index (χ4n) is 3.69. The van der Waals surface area contributed by atoms with Crippen LogP contribution >= 0.6 is 0 Å². The molecule has 1 unspecified atom stereocenters. The summed E-state index contributed by atoms with van der Waals surface area (Å²) in [6.07, 6.45) is 5.45. The number of nitrogens with one attached hydrogen (secondary N) is 1. The fourth-order valence-corrected chi connectivity index (χ4v) is 3.69. The third-order valence-electron chi connectivity index (χ3n) is 5.36. The van der Waals surface area contributed by atoms with Crippen LogP contribution in [-0.2, 0) is 0 Å². The van der Waals surface area contributed by atoms with Crippen LogP contribution in [-0.4, -0.2) is 46.3 Å². The molecule has 1 aliphatic rings. The molecule has 1 atom stereocenters. The molecule has 0 fully saturated rings. The maximum atomic E-state index is 5.92. The first-order chi connectivity index (χ1) is 14.3. The van der Waals surface area contributed by atoms with Gasteiger partial charge < -0.3 is 24.3 Å². The average Bonchev–Trinajstić information content (AvgIpc) is 3.13. The zero-order valence-electron chi connectivity index (χ0n) is 18.3. The molecule has 0 radical (unpaired) electrons. The Balaban J connectivity index is 1.60. The molecule has 3 aromatic rings. The number of nitrogens with zero attached hydrogens (tertiary/aromatic N) is 5. The zero-order valence-corrected chi connectivity index (χ0v) is 18.3. The Labute approximate surface area is 176 Å². The van der Waals surface area contributed by atoms with Gasteiger partial charge in [-0.25, -0.2) is 9.97 Å². The topological polar surface area (TPSA) is 77.3 Å². The first-order valence-electron chi connectivity index (χ1n) is 9.95. The maximum Gasteiger partial charge on any atom is 0.229 e. The van der Waals surface area contributed by atoms with Gasteiger partial charge in [-0.1, -0.05) is 20.8 Å². The quantitative estimate of drug-likeness (QED) is 0.700. The molecule has 0 spiro atoms. The largest absolute Gasteiger partial charge is 0.494 e. The van der Waals surface area contributed by atoms with Crippen molar-refractivity contribution in [2.24, 2.45) is 5.41 Å². The van der Waals surface area contributed by atoms with Crippen molar-refractivity contribution >= 4 is 17.5 Å². The van der Waals surface area contributed by atoms with E-state index in [4.69, 9.17) is 14.5 Å². The molecule has 3 heterocycles.